The Balaban J connectivity index is 0.000000304. The number of nitrogens with one attached hydrogen (secondary N) is 4. The van der Waals surface area contributed by atoms with E-state index >= 15 is 0 Å². The Hall–Kier alpha value is -5.72. The lowest BCUT2D eigenvalue weighted by Crippen LogP contribution is -2.54. The van der Waals surface area contributed by atoms with Crippen LogP contribution in [-0.2, 0) is 33.3 Å². The fourth-order valence-corrected chi connectivity index (χ4v) is 6.42. The molecular formula is C48H81ClN10O14. The fourth-order valence-electron chi connectivity index (χ4n) is 6.42. The Bertz CT molecular complexity index is 2020. The quantitative estimate of drug-likeness (QED) is 0.156. The van der Waals surface area contributed by atoms with Gasteiger partial charge in [0.2, 0.25) is 0 Å². The number of halogens is 1. The smallest absolute Gasteiger partial charge is 0.410 e. The van der Waals surface area contributed by atoms with Crippen LogP contribution in [0.5, 0.6) is 0 Å². The number of amides is 4. The summed E-state index contributed by atoms with van der Waals surface area (Å²) in [7, 11) is 0. The zero-order valence-electron chi connectivity index (χ0n) is 44.5. The summed E-state index contributed by atoms with van der Waals surface area (Å²) in [4.78, 5) is 96.9. The number of carboxylic acid groups (broad SMARTS) is 2. The highest BCUT2D eigenvalue weighted by molar-refractivity contribution is 5.85. The Morgan fingerprint density at radius 2 is 0.890 bits per heavy atom. The highest BCUT2D eigenvalue weighted by Crippen LogP contribution is 2.26. The van der Waals surface area contributed by atoms with Crippen LogP contribution in [0.25, 0.3) is 0 Å². The second-order valence-electron chi connectivity index (χ2n) is 22.2. The summed E-state index contributed by atoms with van der Waals surface area (Å²) >= 11 is 0. The molecule has 0 unspecified atom stereocenters. The molecule has 0 saturated carbocycles. The average Bonchev–Trinajstić information content (AvgIpc) is 3.82. The molecule has 25 heteroatoms. The maximum Gasteiger partial charge on any atom is 0.410 e. The van der Waals surface area contributed by atoms with Crippen LogP contribution in [0.15, 0.2) is 24.8 Å². The number of rotatable bonds is 6. The van der Waals surface area contributed by atoms with Gasteiger partial charge in [-0.15, -0.1) is 12.4 Å². The first kappa shape index (κ1) is 63.4. The van der Waals surface area contributed by atoms with Gasteiger partial charge in [-0.25, -0.2) is 29.1 Å². The number of likely N-dealkylation sites (tertiary alicyclic amines) is 4. The predicted molar refractivity (Wildman–Crippen MR) is 269 cm³/mol. The van der Waals surface area contributed by atoms with Gasteiger partial charge in [0.25, 0.3) is 0 Å². The summed E-state index contributed by atoms with van der Waals surface area (Å²) in [6.45, 7) is 29.6. The molecule has 0 aromatic carbocycles. The number of nitrogens with zero attached hydrogens (tertiary/aromatic N) is 6. The van der Waals surface area contributed by atoms with Crippen molar-refractivity contribution in [1.82, 2.24) is 50.2 Å². The average molecular weight is 1060 g/mol. The number of H-pyrrole nitrogens is 2. The number of ether oxygens (including phenoxy) is 4. The van der Waals surface area contributed by atoms with Crippen molar-refractivity contribution in [2.75, 3.05) is 85.1 Å². The van der Waals surface area contributed by atoms with Crippen molar-refractivity contribution >= 4 is 55.0 Å². The minimum Gasteiger partial charge on any atom is -0.481 e. The van der Waals surface area contributed by atoms with Crippen molar-refractivity contribution < 1.29 is 67.8 Å². The van der Waals surface area contributed by atoms with Crippen LogP contribution >= 0.6 is 12.4 Å². The van der Waals surface area contributed by atoms with E-state index in [2.05, 4.69) is 30.6 Å². The van der Waals surface area contributed by atoms with E-state index in [0.717, 1.165) is 31.0 Å². The number of aliphatic hydroxyl groups excluding tert-OH is 1. The number of aliphatic hydroxyl groups is 1. The number of aromatic nitrogens is 4. The van der Waals surface area contributed by atoms with E-state index in [4.69, 9.17) is 34.3 Å². The van der Waals surface area contributed by atoms with Gasteiger partial charge < -0.3 is 79.3 Å². The number of carboxylic acids is 2. The van der Waals surface area contributed by atoms with Crippen LogP contribution in [0.1, 0.15) is 107 Å². The van der Waals surface area contributed by atoms with Crippen LogP contribution in [0.4, 0.5) is 19.2 Å². The largest absolute Gasteiger partial charge is 0.481 e. The summed E-state index contributed by atoms with van der Waals surface area (Å²) in [6, 6.07) is 0. The molecule has 0 aliphatic carbocycles. The maximum absolute atomic E-state index is 11.6. The molecule has 7 N–H and O–H groups in total. The Morgan fingerprint density at radius 3 is 1.15 bits per heavy atom. The van der Waals surface area contributed by atoms with E-state index < -0.39 is 46.4 Å². The van der Waals surface area contributed by atoms with Gasteiger partial charge in [-0.1, -0.05) is 0 Å². The summed E-state index contributed by atoms with van der Waals surface area (Å²) in [5.41, 5.74) is -1.83. The van der Waals surface area contributed by atoms with Gasteiger partial charge in [0.15, 0.2) is 0 Å². The Labute approximate surface area is 434 Å². The lowest BCUT2D eigenvalue weighted by atomic mass is 10.0. The first-order valence-electron chi connectivity index (χ1n) is 24.2. The molecule has 6 aliphatic heterocycles. The lowest BCUT2D eigenvalue weighted by Gasteiger charge is -2.38. The molecule has 24 nitrogen and oxygen atoms in total. The van der Waals surface area contributed by atoms with Crippen LogP contribution in [0.2, 0.25) is 0 Å². The first-order chi connectivity index (χ1) is 33.4. The van der Waals surface area contributed by atoms with Gasteiger partial charge in [0, 0.05) is 122 Å². The molecule has 6 saturated heterocycles. The van der Waals surface area contributed by atoms with E-state index in [1.54, 1.807) is 49.2 Å². The molecule has 4 amide bonds. The summed E-state index contributed by atoms with van der Waals surface area (Å²) in [6.07, 6.45) is 6.78. The summed E-state index contributed by atoms with van der Waals surface area (Å²) in [5.74, 6) is 1.20. The molecular weight excluding hydrogens is 976 g/mol. The number of aromatic amines is 2. The number of hydrogen-bond donors (Lipinski definition) is 7. The highest BCUT2D eigenvalue weighted by Gasteiger charge is 2.39. The molecule has 414 valence electrons. The number of aliphatic carboxylic acids is 2. The standard InChI is InChI=1S/C11H17N3O2.C9H15NO4.C9H17NO3.C9H15NO3.C6H9N3.C4H7NO2.ClH/c1-11(2,3)16-10(15)14-6-8(7-14)9-12-4-5-13-9;1-9(2,3)14-8(13)10-4-6(5-10)7(11)12;2*1-9(2,3)13-8(12)10-4-7(5-10)6-11;1-2-9-6(8-1)5-3-7-4-5;6-4(7)3-1-5-2-3;/h4-5,8H,6-7H2,1-3H3,(H,12,13);6H,4-5H2,1-3H3,(H,11,12);7,11H,4-6H2,1-3H3;6-7H,4-5H2,1-3H3;1-2,5,7H,3-4H2,(H,8,9);3,5H,1-2H2,(H,6,7);1H. The normalized spacial score (nSPS) is 18.0. The lowest BCUT2D eigenvalue weighted by molar-refractivity contribution is -0.147. The van der Waals surface area contributed by atoms with Crippen LogP contribution in [0, 0.1) is 23.7 Å². The van der Waals surface area contributed by atoms with Gasteiger partial charge in [0.1, 0.15) is 40.3 Å². The third-order valence-electron chi connectivity index (χ3n) is 10.8. The molecule has 73 heavy (non-hydrogen) atoms. The van der Waals surface area contributed by atoms with E-state index in [-0.39, 0.29) is 68.1 Å². The van der Waals surface area contributed by atoms with Crippen molar-refractivity contribution in [3.8, 4) is 0 Å². The predicted octanol–water partition coefficient (Wildman–Crippen LogP) is 4.39. The van der Waals surface area contributed by atoms with Crippen molar-refractivity contribution in [2.24, 2.45) is 23.7 Å². The Morgan fingerprint density at radius 1 is 0.548 bits per heavy atom. The van der Waals surface area contributed by atoms with E-state index in [0.29, 0.717) is 64.2 Å². The monoisotopic (exact) mass is 1060 g/mol. The van der Waals surface area contributed by atoms with Gasteiger partial charge >= 0.3 is 36.3 Å². The molecule has 0 radical (unpaired) electrons. The molecule has 6 aliphatic rings. The third-order valence-corrected chi connectivity index (χ3v) is 10.8. The van der Waals surface area contributed by atoms with Crippen molar-refractivity contribution in [3.63, 3.8) is 0 Å². The number of imidazole rings is 2. The highest BCUT2D eigenvalue weighted by atomic mass is 35.5. The van der Waals surface area contributed by atoms with E-state index in [1.807, 2.05) is 68.5 Å². The van der Waals surface area contributed by atoms with E-state index in [9.17, 15) is 33.6 Å². The molecule has 0 atom stereocenters. The number of aldehydes is 1. The molecule has 2 aromatic heterocycles. The number of carbonyl (C=O) groups is 7. The van der Waals surface area contributed by atoms with Gasteiger partial charge in [0.05, 0.1) is 23.7 Å². The zero-order chi connectivity index (χ0) is 54.2. The fraction of sp³-hybridized carbons (Fsp3) is 0.729. The molecule has 6 fully saturated rings. The zero-order valence-corrected chi connectivity index (χ0v) is 45.3. The van der Waals surface area contributed by atoms with Crippen LogP contribution in [-0.4, -0.2) is 205 Å². The van der Waals surface area contributed by atoms with Gasteiger partial charge in [-0.05, 0) is 83.1 Å². The first-order valence-corrected chi connectivity index (χ1v) is 24.2. The van der Waals surface area contributed by atoms with Gasteiger partial charge in [-0.2, -0.15) is 0 Å². The minimum atomic E-state index is -0.857. The topological polar surface area (TPSA) is 311 Å². The van der Waals surface area contributed by atoms with Crippen molar-refractivity contribution in [1.29, 1.82) is 0 Å². The maximum atomic E-state index is 11.6. The second kappa shape index (κ2) is 28.1. The van der Waals surface area contributed by atoms with Crippen LogP contribution < -0.4 is 10.6 Å². The van der Waals surface area contributed by atoms with Gasteiger partial charge in [-0.3, -0.25) is 9.59 Å². The third kappa shape index (κ3) is 23.4. The summed E-state index contributed by atoms with van der Waals surface area (Å²) in [5, 5.41) is 31.6. The van der Waals surface area contributed by atoms with Crippen molar-refractivity contribution in [2.45, 2.75) is 117 Å². The molecule has 0 spiro atoms. The van der Waals surface area contributed by atoms with Crippen molar-refractivity contribution in [3.05, 3.63) is 36.4 Å². The second-order valence-corrected chi connectivity index (χ2v) is 22.2. The molecule has 8 rings (SSSR count). The SMILES string of the molecule is CC(C)(C)OC(=O)N1CC(C(=O)O)C1.CC(C)(C)OC(=O)N1CC(C=O)C1.CC(C)(C)OC(=O)N1CC(CO)C1.CC(C)(C)OC(=O)N1CC(c2ncc[nH]2)C1.Cl.O=C(O)C1CNC1.c1c[nH]c(C2CNC2)n1. The number of hydrogen-bond acceptors (Lipinski definition) is 16. The summed E-state index contributed by atoms with van der Waals surface area (Å²) < 4.78 is 20.6. The van der Waals surface area contributed by atoms with E-state index in [1.165, 1.54) is 9.80 Å². The number of carbonyl (C=O) groups excluding carboxylic acids is 5. The molecule has 0 bridgehead atoms. The molecule has 2 aromatic rings. The minimum absolute atomic E-state index is 0. The molecule has 8 heterocycles. The Kier molecular flexibility index (Phi) is 24.4. The van der Waals surface area contributed by atoms with Crippen LogP contribution in [0.3, 0.4) is 0 Å².